The van der Waals surface area contributed by atoms with Gasteiger partial charge in [0, 0.05) is 48.2 Å². The molecular formula is C36H44N8O2. The fraction of sp³-hybridized carbons (Fsp3) is 0.222. The number of nitrogens with zero attached hydrogens (tertiary/aromatic N) is 4. The molecule has 0 fully saturated rings. The summed E-state index contributed by atoms with van der Waals surface area (Å²) in [7, 11) is 0. The fourth-order valence-electron chi connectivity index (χ4n) is 4.37. The Morgan fingerprint density at radius 3 is 2.33 bits per heavy atom. The number of benzene rings is 3. The number of carbonyl (C=O) groups is 1. The monoisotopic (exact) mass is 620 g/mol. The van der Waals surface area contributed by atoms with Crippen LogP contribution in [0.1, 0.15) is 43.2 Å². The third-order valence-corrected chi connectivity index (χ3v) is 6.35. The smallest absolute Gasteiger partial charge is 0.251 e. The van der Waals surface area contributed by atoms with Crippen molar-refractivity contribution >= 4 is 22.9 Å². The number of allylic oxidation sites excluding steroid dienone is 1. The van der Waals surface area contributed by atoms with Crippen LogP contribution in [0.4, 0.5) is 0 Å². The highest BCUT2D eigenvalue weighted by Crippen LogP contribution is 2.30. The summed E-state index contributed by atoms with van der Waals surface area (Å²) in [6, 6.07) is 28.6. The molecule has 1 amide bonds. The van der Waals surface area contributed by atoms with Crippen LogP contribution in [0.25, 0.3) is 22.4 Å². The lowest BCUT2D eigenvalue weighted by atomic mass is 10.2. The normalized spacial score (nSPS) is 10.1. The van der Waals surface area contributed by atoms with E-state index in [1.807, 2.05) is 104 Å². The van der Waals surface area contributed by atoms with Gasteiger partial charge in [0.2, 0.25) is 0 Å². The highest BCUT2D eigenvalue weighted by Gasteiger charge is 2.16. The van der Waals surface area contributed by atoms with E-state index in [4.69, 9.17) is 26.9 Å². The van der Waals surface area contributed by atoms with E-state index < -0.39 is 0 Å². The molecule has 10 heteroatoms. The van der Waals surface area contributed by atoms with Gasteiger partial charge in [-0.2, -0.15) is 0 Å². The van der Waals surface area contributed by atoms with Gasteiger partial charge in [0.25, 0.3) is 5.91 Å². The average molecular weight is 621 g/mol. The summed E-state index contributed by atoms with van der Waals surface area (Å²) in [6.45, 7) is 11.5. The van der Waals surface area contributed by atoms with Crippen LogP contribution < -0.4 is 27.3 Å². The van der Waals surface area contributed by atoms with Gasteiger partial charge >= 0.3 is 0 Å². The molecule has 0 spiro atoms. The first-order chi connectivity index (χ1) is 22.3. The number of carbonyl (C=O) groups excluding carboxylic acids is 1. The Labute approximate surface area is 271 Å². The number of aliphatic imine (C=N–C) groups is 1. The molecule has 0 radical (unpaired) electrons. The zero-order valence-electron chi connectivity index (χ0n) is 26.8. The van der Waals surface area contributed by atoms with Crippen molar-refractivity contribution in [2.75, 3.05) is 13.1 Å². The van der Waals surface area contributed by atoms with E-state index in [2.05, 4.69) is 21.9 Å². The number of ether oxygens (including phenoxy) is 1. The van der Waals surface area contributed by atoms with Crippen molar-refractivity contribution in [1.29, 1.82) is 0 Å². The van der Waals surface area contributed by atoms with Gasteiger partial charge in [0.05, 0.1) is 17.6 Å². The van der Waals surface area contributed by atoms with Gasteiger partial charge in [-0.3, -0.25) is 14.8 Å². The minimum atomic E-state index is -0.157. The standard InChI is InChI=1S/C30H27N5O2.C4H11N3.C2H6/c1-21(31)20-35-28-14-13-23(30(36)33-17-15-24-9-5-6-16-32-24)19-27(28)34-29(35)22-8-7-12-26(18-22)37-25-10-3-2-4-11-25;1-2-3-7-4(5)6;1-2/h2-14,16,18-19H,1,15,17,20,31H2,(H,33,36);2-3H2,1H3,(H4,5,6,7);1-2H3. The molecule has 2 aromatic heterocycles. The number of nitrogens with two attached hydrogens (primary N) is 3. The van der Waals surface area contributed by atoms with Crippen LogP contribution in [-0.2, 0) is 13.0 Å². The van der Waals surface area contributed by atoms with Crippen LogP contribution in [0.3, 0.4) is 0 Å². The Morgan fingerprint density at radius 2 is 1.67 bits per heavy atom. The lowest BCUT2D eigenvalue weighted by molar-refractivity contribution is 0.0954. The van der Waals surface area contributed by atoms with E-state index in [-0.39, 0.29) is 11.9 Å². The molecule has 5 rings (SSSR count). The number of para-hydroxylation sites is 1. The zero-order valence-corrected chi connectivity index (χ0v) is 26.8. The Balaban J connectivity index is 0.000000568. The minimum absolute atomic E-state index is 0.157. The highest BCUT2D eigenvalue weighted by atomic mass is 16.5. The van der Waals surface area contributed by atoms with Gasteiger partial charge in [-0.1, -0.05) is 63.7 Å². The molecule has 46 heavy (non-hydrogen) atoms. The number of guanidine groups is 1. The summed E-state index contributed by atoms with van der Waals surface area (Å²) >= 11 is 0. The molecule has 0 aliphatic carbocycles. The van der Waals surface area contributed by atoms with E-state index in [9.17, 15) is 4.79 Å². The van der Waals surface area contributed by atoms with Crippen molar-refractivity contribution in [2.45, 2.75) is 40.2 Å². The van der Waals surface area contributed by atoms with Crippen LogP contribution in [0.15, 0.2) is 114 Å². The summed E-state index contributed by atoms with van der Waals surface area (Å²) in [4.78, 5) is 25.7. The third-order valence-electron chi connectivity index (χ3n) is 6.35. The number of rotatable bonds is 11. The first kappa shape index (κ1) is 34.8. The highest BCUT2D eigenvalue weighted by molar-refractivity contribution is 5.98. The van der Waals surface area contributed by atoms with E-state index in [0.717, 1.165) is 35.5 Å². The first-order valence-electron chi connectivity index (χ1n) is 15.3. The van der Waals surface area contributed by atoms with Crippen molar-refractivity contribution < 1.29 is 9.53 Å². The van der Waals surface area contributed by atoms with Gasteiger partial charge in [-0.25, -0.2) is 4.98 Å². The maximum absolute atomic E-state index is 12.8. The largest absolute Gasteiger partial charge is 0.457 e. The number of pyridine rings is 1. The summed E-state index contributed by atoms with van der Waals surface area (Å²) in [6.07, 6.45) is 3.41. The van der Waals surface area contributed by atoms with Gasteiger partial charge in [0.15, 0.2) is 5.96 Å². The van der Waals surface area contributed by atoms with Crippen LogP contribution in [0.2, 0.25) is 0 Å². The fourth-order valence-corrected chi connectivity index (χ4v) is 4.37. The van der Waals surface area contributed by atoms with Crippen molar-refractivity contribution in [3.63, 3.8) is 0 Å². The van der Waals surface area contributed by atoms with Crippen molar-refractivity contribution in [3.8, 4) is 22.9 Å². The summed E-state index contributed by atoms with van der Waals surface area (Å²) < 4.78 is 8.02. The maximum atomic E-state index is 12.8. The molecule has 2 heterocycles. The average Bonchev–Trinajstić information content (AvgIpc) is 3.43. The second kappa shape index (κ2) is 18.2. The molecule has 0 bridgehead atoms. The molecule has 240 valence electrons. The van der Waals surface area contributed by atoms with Gasteiger partial charge in [-0.05, 0) is 61.0 Å². The number of aromatic nitrogens is 3. The minimum Gasteiger partial charge on any atom is -0.457 e. The molecule has 0 atom stereocenters. The van der Waals surface area contributed by atoms with Crippen LogP contribution in [0.5, 0.6) is 11.5 Å². The van der Waals surface area contributed by atoms with Crippen molar-refractivity contribution in [1.82, 2.24) is 19.9 Å². The van der Waals surface area contributed by atoms with E-state index >= 15 is 0 Å². The Hall–Kier alpha value is -5.64. The lowest BCUT2D eigenvalue weighted by Gasteiger charge is -2.11. The van der Waals surface area contributed by atoms with Gasteiger partial charge in [-0.15, -0.1) is 0 Å². The molecule has 10 nitrogen and oxygen atoms in total. The quantitative estimate of drug-likeness (QED) is 0.104. The first-order valence-corrected chi connectivity index (χ1v) is 15.3. The Morgan fingerprint density at radius 1 is 0.935 bits per heavy atom. The maximum Gasteiger partial charge on any atom is 0.251 e. The number of amides is 1. The van der Waals surface area contributed by atoms with Gasteiger partial charge in [0.1, 0.15) is 17.3 Å². The van der Waals surface area contributed by atoms with Crippen LogP contribution in [0, 0.1) is 0 Å². The molecule has 7 N–H and O–H groups in total. The van der Waals surface area contributed by atoms with Crippen LogP contribution in [-0.4, -0.2) is 39.5 Å². The van der Waals surface area contributed by atoms with E-state index in [1.165, 1.54) is 0 Å². The summed E-state index contributed by atoms with van der Waals surface area (Å²) in [5, 5.41) is 2.96. The second-order valence-electron chi connectivity index (χ2n) is 9.96. The lowest BCUT2D eigenvalue weighted by Crippen LogP contribution is -2.25. The number of hydrogen-bond acceptors (Lipinski definition) is 6. The number of imidazole rings is 1. The Kier molecular flexibility index (Phi) is 13.8. The molecule has 0 aliphatic rings. The van der Waals surface area contributed by atoms with E-state index in [1.54, 1.807) is 18.3 Å². The predicted octanol–water partition coefficient (Wildman–Crippen LogP) is 6.03. The van der Waals surface area contributed by atoms with Gasteiger partial charge < -0.3 is 31.8 Å². The molecule has 3 aromatic carbocycles. The van der Waals surface area contributed by atoms with Crippen molar-refractivity contribution in [3.05, 3.63) is 121 Å². The molecule has 0 unspecified atom stereocenters. The SMILES string of the molecule is C=C(N)Cn1c(-c2cccc(Oc3ccccc3)c2)nc2cc(C(=O)NCCc3ccccn3)ccc21.CC.CCCN=C(N)N. The third kappa shape index (κ3) is 10.5. The number of hydrogen-bond donors (Lipinski definition) is 4. The molecule has 0 aliphatic heterocycles. The topological polar surface area (TPSA) is 159 Å². The van der Waals surface area contributed by atoms with Crippen molar-refractivity contribution in [2.24, 2.45) is 22.2 Å². The molecule has 0 saturated carbocycles. The zero-order chi connectivity index (χ0) is 33.3. The predicted molar refractivity (Wildman–Crippen MR) is 188 cm³/mol. The number of fused-ring (bicyclic) bond motifs is 1. The number of nitrogens with one attached hydrogen (secondary N) is 1. The summed E-state index contributed by atoms with van der Waals surface area (Å²) in [5.41, 5.74) is 20.4. The molecule has 0 saturated heterocycles. The molecular weight excluding hydrogens is 576 g/mol. The molecule has 5 aromatic rings. The van der Waals surface area contributed by atoms with Crippen LogP contribution >= 0.6 is 0 Å². The summed E-state index contributed by atoms with van der Waals surface area (Å²) in [5.74, 6) is 2.19. The van der Waals surface area contributed by atoms with E-state index in [0.29, 0.717) is 47.9 Å². The Bertz CT molecular complexity index is 1710. The second-order valence-corrected chi connectivity index (χ2v) is 9.96.